The van der Waals surface area contributed by atoms with Crippen LogP contribution in [-0.2, 0) is 6.54 Å². The van der Waals surface area contributed by atoms with Crippen LogP contribution in [-0.4, -0.2) is 23.1 Å². The van der Waals surface area contributed by atoms with E-state index in [1.54, 1.807) is 24.3 Å². The monoisotopic (exact) mass is 403 g/mol. The van der Waals surface area contributed by atoms with E-state index < -0.39 is 0 Å². The SMILES string of the molecule is CC(C)NC(=O)NCc1ccc(C(=O)NNC(=S)Nc2ccc(F)cc2)cc1. The van der Waals surface area contributed by atoms with E-state index in [0.29, 0.717) is 17.8 Å². The molecule has 0 unspecified atom stereocenters. The number of nitrogens with one attached hydrogen (secondary N) is 5. The Morgan fingerprint density at radius 3 is 2.25 bits per heavy atom. The fourth-order valence-electron chi connectivity index (χ4n) is 2.15. The van der Waals surface area contributed by atoms with Crippen molar-refractivity contribution < 1.29 is 14.0 Å². The van der Waals surface area contributed by atoms with Crippen molar-refractivity contribution in [1.29, 1.82) is 0 Å². The molecule has 0 bridgehead atoms. The average molecular weight is 403 g/mol. The van der Waals surface area contributed by atoms with Crippen LogP contribution in [0.2, 0.25) is 0 Å². The summed E-state index contributed by atoms with van der Waals surface area (Å²) in [6, 6.07) is 12.2. The van der Waals surface area contributed by atoms with E-state index in [-0.39, 0.29) is 28.9 Å². The Labute approximate surface area is 168 Å². The highest BCUT2D eigenvalue weighted by Gasteiger charge is 2.07. The van der Waals surface area contributed by atoms with Crippen LogP contribution >= 0.6 is 12.2 Å². The number of halogens is 1. The number of benzene rings is 2. The Morgan fingerprint density at radius 2 is 1.64 bits per heavy atom. The maximum atomic E-state index is 12.9. The Hall–Kier alpha value is -3.20. The van der Waals surface area contributed by atoms with Crippen LogP contribution in [0, 0.1) is 5.82 Å². The van der Waals surface area contributed by atoms with Crippen LogP contribution in [0.15, 0.2) is 48.5 Å². The van der Waals surface area contributed by atoms with E-state index in [2.05, 4.69) is 26.8 Å². The Morgan fingerprint density at radius 1 is 1.00 bits per heavy atom. The average Bonchev–Trinajstić information content (AvgIpc) is 2.66. The normalized spacial score (nSPS) is 10.1. The molecule has 0 saturated carbocycles. The van der Waals surface area contributed by atoms with Crippen molar-refractivity contribution in [1.82, 2.24) is 21.5 Å². The van der Waals surface area contributed by atoms with E-state index in [4.69, 9.17) is 12.2 Å². The maximum Gasteiger partial charge on any atom is 0.315 e. The van der Waals surface area contributed by atoms with Gasteiger partial charge in [-0.1, -0.05) is 12.1 Å². The third-order valence-corrected chi connectivity index (χ3v) is 3.68. The highest BCUT2D eigenvalue weighted by molar-refractivity contribution is 7.80. The molecule has 2 aromatic rings. The van der Waals surface area contributed by atoms with Gasteiger partial charge in [-0.2, -0.15) is 0 Å². The van der Waals surface area contributed by atoms with Gasteiger partial charge in [0, 0.05) is 23.8 Å². The zero-order chi connectivity index (χ0) is 20.5. The second kappa shape index (κ2) is 10.2. The highest BCUT2D eigenvalue weighted by Crippen LogP contribution is 2.08. The molecule has 0 saturated heterocycles. The molecule has 0 heterocycles. The van der Waals surface area contributed by atoms with Gasteiger partial charge < -0.3 is 16.0 Å². The lowest BCUT2D eigenvalue weighted by atomic mass is 10.1. The van der Waals surface area contributed by atoms with Gasteiger partial charge >= 0.3 is 6.03 Å². The number of carbonyl (C=O) groups is 2. The molecular weight excluding hydrogens is 381 g/mol. The van der Waals surface area contributed by atoms with E-state index in [1.165, 1.54) is 24.3 Å². The van der Waals surface area contributed by atoms with Crippen molar-refractivity contribution in [2.45, 2.75) is 26.4 Å². The van der Waals surface area contributed by atoms with Gasteiger partial charge in [0.2, 0.25) is 0 Å². The number of rotatable bonds is 5. The number of hydrogen-bond acceptors (Lipinski definition) is 3. The molecule has 0 aliphatic rings. The molecule has 7 nitrogen and oxygen atoms in total. The van der Waals surface area contributed by atoms with Crippen molar-refractivity contribution in [3.63, 3.8) is 0 Å². The van der Waals surface area contributed by atoms with E-state index in [1.807, 2.05) is 13.8 Å². The van der Waals surface area contributed by atoms with E-state index >= 15 is 0 Å². The molecule has 2 rings (SSSR count). The van der Waals surface area contributed by atoms with Crippen LogP contribution in [0.3, 0.4) is 0 Å². The molecule has 3 amide bonds. The lowest BCUT2D eigenvalue weighted by Gasteiger charge is -2.12. The predicted octanol–water partition coefficient (Wildman–Crippen LogP) is 2.66. The molecule has 0 aliphatic carbocycles. The summed E-state index contributed by atoms with van der Waals surface area (Å²) in [5.41, 5.74) is 6.92. The Bertz CT molecular complexity index is 825. The Balaban J connectivity index is 1.78. The second-order valence-corrected chi connectivity index (χ2v) is 6.63. The van der Waals surface area contributed by atoms with Crippen LogP contribution in [0.5, 0.6) is 0 Å². The van der Waals surface area contributed by atoms with Gasteiger partial charge in [0.25, 0.3) is 5.91 Å². The molecule has 0 aromatic heterocycles. The highest BCUT2D eigenvalue weighted by atomic mass is 32.1. The topological polar surface area (TPSA) is 94.3 Å². The number of hydrazine groups is 1. The van der Waals surface area contributed by atoms with Crippen LogP contribution in [0.25, 0.3) is 0 Å². The predicted molar refractivity (Wildman–Crippen MR) is 110 cm³/mol. The summed E-state index contributed by atoms with van der Waals surface area (Å²) in [6.45, 7) is 4.11. The number of thiocarbonyl (C=S) groups is 1. The van der Waals surface area contributed by atoms with Gasteiger partial charge in [0.15, 0.2) is 5.11 Å². The molecule has 5 N–H and O–H groups in total. The van der Waals surface area contributed by atoms with E-state index in [9.17, 15) is 14.0 Å². The van der Waals surface area contributed by atoms with Crippen molar-refractivity contribution in [2.75, 3.05) is 5.32 Å². The van der Waals surface area contributed by atoms with Crippen molar-refractivity contribution in [3.8, 4) is 0 Å². The quantitative estimate of drug-likeness (QED) is 0.391. The first-order chi connectivity index (χ1) is 13.3. The molecule has 0 radical (unpaired) electrons. The summed E-state index contributed by atoms with van der Waals surface area (Å²) in [6.07, 6.45) is 0. The molecule has 28 heavy (non-hydrogen) atoms. The lowest BCUT2D eigenvalue weighted by molar-refractivity contribution is 0.0944. The van der Waals surface area contributed by atoms with Gasteiger partial charge in [-0.3, -0.25) is 15.6 Å². The molecule has 9 heteroatoms. The molecule has 148 valence electrons. The van der Waals surface area contributed by atoms with Gasteiger partial charge in [0.1, 0.15) is 5.82 Å². The van der Waals surface area contributed by atoms with Crippen LogP contribution < -0.4 is 26.8 Å². The fraction of sp³-hybridized carbons (Fsp3) is 0.211. The van der Waals surface area contributed by atoms with Crippen LogP contribution in [0.1, 0.15) is 29.8 Å². The second-order valence-electron chi connectivity index (χ2n) is 6.22. The van der Waals surface area contributed by atoms with Crippen molar-refractivity contribution in [2.24, 2.45) is 0 Å². The standard InChI is InChI=1S/C19H22FN5O2S/c1-12(2)22-18(27)21-11-13-3-5-14(6-4-13)17(26)24-25-19(28)23-16-9-7-15(20)8-10-16/h3-10,12H,11H2,1-2H3,(H,24,26)(H2,21,22,27)(H2,23,25,28). The first kappa shape index (κ1) is 21.1. The van der Waals surface area contributed by atoms with Crippen LogP contribution in [0.4, 0.5) is 14.9 Å². The number of carbonyl (C=O) groups excluding carboxylic acids is 2. The molecular formula is C19H22FN5O2S. The minimum Gasteiger partial charge on any atom is -0.336 e. The number of anilines is 1. The first-order valence-electron chi connectivity index (χ1n) is 8.59. The fourth-order valence-corrected chi connectivity index (χ4v) is 2.32. The maximum absolute atomic E-state index is 12.9. The number of amides is 3. The third kappa shape index (κ3) is 7.20. The smallest absolute Gasteiger partial charge is 0.315 e. The zero-order valence-electron chi connectivity index (χ0n) is 15.5. The van der Waals surface area contributed by atoms with Crippen molar-refractivity contribution in [3.05, 3.63) is 65.5 Å². The summed E-state index contributed by atoms with van der Waals surface area (Å²) in [7, 11) is 0. The Kier molecular flexibility index (Phi) is 7.70. The molecule has 0 atom stereocenters. The lowest BCUT2D eigenvalue weighted by Crippen LogP contribution is -2.43. The van der Waals surface area contributed by atoms with Gasteiger partial charge in [-0.25, -0.2) is 9.18 Å². The van der Waals surface area contributed by atoms with Gasteiger partial charge in [-0.15, -0.1) is 0 Å². The summed E-state index contributed by atoms with van der Waals surface area (Å²) < 4.78 is 12.9. The van der Waals surface area contributed by atoms with E-state index in [0.717, 1.165) is 5.56 Å². The minimum atomic E-state index is -0.375. The summed E-state index contributed by atoms with van der Waals surface area (Å²) in [5, 5.41) is 8.45. The summed E-state index contributed by atoms with van der Waals surface area (Å²) in [4.78, 5) is 23.7. The molecule has 2 aromatic carbocycles. The zero-order valence-corrected chi connectivity index (χ0v) is 16.3. The summed E-state index contributed by atoms with van der Waals surface area (Å²) in [5.74, 6) is -0.725. The molecule has 0 fully saturated rings. The molecule has 0 spiro atoms. The summed E-state index contributed by atoms with van der Waals surface area (Å²) >= 11 is 5.07. The third-order valence-electron chi connectivity index (χ3n) is 3.48. The molecule has 0 aliphatic heterocycles. The largest absolute Gasteiger partial charge is 0.336 e. The first-order valence-corrected chi connectivity index (χ1v) is 9.00. The minimum absolute atomic E-state index is 0.0576. The van der Waals surface area contributed by atoms with Gasteiger partial charge in [0.05, 0.1) is 0 Å². The van der Waals surface area contributed by atoms with Crippen molar-refractivity contribution >= 4 is 35.0 Å². The number of hydrogen-bond donors (Lipinski definition) is 5. The number of urea groups is 1. The van der Waals surface area contributed by atoms with Gasteiger partial charge in [-0.05, 0) is 68.0 Å².